The smallest absolute Gasteiger partial charge is 0.423 e. The average molecular weight is 873 g/mol. The molecule has 0 aliphatic heterocycles. The summed E-state index contributed by atoms with van der Waals surface area (Å²) in [5.74, 6) is -106. The number of nitrogen functional groups attached to an aromatic ring is 1. The van der Waals surface area contributed by atoms with Crippen molar-refractivity contribution in [2.24, 2.45) is 0 Å². The van der Waals surface area contributed by atoms with Crippen molar-refractivity contribution in [2.45, 2.75) is 83.4 Å². The van der Waals surface area contributed by atoms with Crippen LogP contribution in [-0.2, 0) is 11.8 Å². The summed E-state index contributed by atoms with van der Waals surface area (Å²) in [4.78, 5) is 0. The van der Waals surface area contributed by atoms with Crippen LogP contribution >= 0.6 is 0 Å². The van der Waals surface area contributed by atoms with Gasteiger partial charge in [0.1, 0.15) is 0 Å². The maximum absolute atomic E-state index is 14.9. The van der Waals surface area contributed by atoms with E-state index in [1.54, 1.807) is 0 Å². The minimum Gasteiger partial charge on any atom is -0.423 e. The van der Waals surface area contributed by atoms with Crippen LogP contribution in [0.5, 0.6) is 0 Å². The van der Waals surface area contributed by atoms with Gasteiger partial charge in [-0.1, -0.05) is 12.1 Å². The van der Waals surface area contributed by atoms with Gasteiger partial charge in [0.15, 0.2) is 0 Å². The van der Waals surface area contributed by atoms with E-state index in [9.17, 15) is 132 Å². The average Bonchev–Trinajstić information content (AvgIpc) is 2.94. The van der Waals surface area contributed by atoms with E-state index in [1.165, 1.54) is 0 Å². The quantitative estimate of drug-likeness (QED) is 0.106. The molecule has 0 saturated carbocycles. The molecule has 0 amide bonds. The van der Waals surface area contributed by atoms with Gasteiger partial charge in [-0.25, -0.2) is 0 Å². The fraction of sp³-hybridized carbons (Fsp3) is 0.700. The third-order valence-corrected chi connectivity index (χ3v) is 6.86. The fourth-order valence-corrected chi connectivity index (χ4v) is 3.74. The lowest BCUT2D eigenvalue weighted by atomic mass is 9.72. The fourth-order valence-electron chi connectivity index (χ4n) is 3.74. The Morgan fingerprint density at radius 2 is 0.593 bits per heavy atom. The molecule has 316 valence electrons. The van der Waals surface area contributed by atoms with E-state index >= 15 is 0 Å². The number of hydrogen-bond acceptors (Lipinski definition) is 3. The number of anilines is 1. The summed E-state index contributed by atoms with van der Waals surface area (Å²) in [5, 5.41) is 18.0. The van der Waals surface area contributed by atoms with E-state index in [0.29, 0.717) is 0 Å². The summed E-state index contributed by atoms with van der Waals surface area (Å²) < 4.78 is 408. The molecule has 0 saturated heterocycles. The molecule has 4 N–H and O–H groups in total. The van der Waals surface area contributed by atoms with Crippen LogP contribution < -0.4 is 11.2 Å². The van der Waals surface area contributed by atoms with E-state index in [0.717, 1.165) is 0 Å². The van der Waals surface area contributed by atoms with Gasteiger partial charge in [-0.2, -0.15) is 132 Å². The second-order valence-corrected chi connectivity index (χ2v) is 10.3. The van der Waals surface area contributed by atoms with Crippen LogP contribution in [0.2, 0.25) is 0 Å². The lowest BCUT2D eigenvalue weighted by molar-refractivity contribution is -0.454. The second-order valence-electron chi connectivity index (χ2n) is 10.3. The first-order valence-corrected chi connectivity index (χ1v) is 11.9. The SMILES string of the molecule is Nc1c(C(F)(F)C(F)(F)C(F)(F)C(F)(F)C(F)(F)C(F)(F)C(F)(F)F)ccc(B(O)O)c1C(F)(F)C(F)(F)C(F)(F)C(F)(F)C(F)(F)C(F)(F)C(F)(F)F. The Morgan fingerprint density at radius 3 is 0.852 bits per heavy atom. The molecule has 0 fully saturated rings. The van der Waals surface area contributed by atoms with Crippen molar-refractivity contribution in [1.82, 2.24) is 0 Å². The highest BCUT2D eigenvalue weighted by Crippen LogP contribution is 2.66. The van der Waals surface area contributed by atoms with Crippen LogP contribution in [0.25, 0.3) is 0 Å². The summed E-state index contributed by atoms with van der Waals surface area (Å²) in [6.07, 6.45) is -16.3. The molecule has 1 aromatic carbocycles. The van der Waals surface area contributed by atoms with Crippen molar-refractivity contribution in [1.29, 1.82) is 0 Å². The Kier molecular flexibility index (Phi) is 11.3. The largest absolute Gasteiger partial charge is 0.489 e. The van der Waals surface area contributed by atoms with Gasteiger partial charge in [0.05, 0.1) is 16.8 Å². The molecule has 1 rings (SSSR count). The zero-order valence-electron chi connectivity index (χ0n) is 23.5. The molecular weight excluding hydrogens is 867 g/mol. The van der Waals surface area contributed by atoms with Gasteiger partial charge in [0, 0.05) is 0 Å². The van der Waals surface area contributed by atoms with Gasteiger partial charge in [-0.15, -0.1) is 0 Å². The molecular formula is C20H6BF30NO2. The Balaban J connectivity index is 4.31. The van der Waals surface area contributed by atoms with Gasteiger partial charge in [-0.05, 0) is 5.46 Å². The first-order chi connectivity index (χ1) is 23.0. The van der Waals surface area contributed by atoms with Crippen LogP contribution in [0, 0.1) is 0 Å². The molecule has 0 heterocycles. The Labute approximate surface area is 273 Å². The van der Waals surface area contributed by atoms with Gasteiger partial charge in [0.25, 0.3) is 0 Å². The summed E-state index contributed by atoms with van der Waals surface area (Å²) in [6.45, 7) is 0. The second kappa shape index (κ2) is 12.5. The molecule has 54 heavy (non-hydrogen) atoms. The Hall–Kier alpha value is -3.10. The number of halogens is 30. The zero-order valence-corrected chi connectivity index (χ0v) is 23.5. The summed E-state index contributed by atoms with van der Waals surface area (Å²) in [7, 11) is -4.30. The molecule has 0 aliphatic rings. The van der Waals surface area contributed by atoms with Crippen molar-refractivity contribution in [2.75, 3.05) is 5.73 Å². The number of rotatable bonds is 13. The zero-order chi connectivity index (χ0) is 44.3. The number of nitrogens with two attached hydrogens (primary N) is 1. The number of hydrogen-bond donors (Lipinski definition) is 3. The molecule has 0 radical (unpaired) electrons. The van der Waals surface area contributed by atoms with Gasteiger partial charge in [0.2, 0.25) is 0 Å². The lowest BCUT2D eigenvalue weighted by Crippen LogP contribution is -2.72. The minimum atomic E-state index is -9.20. The lowest BCUT2D eigenvalue weighted by Gasteiger charge is -2.42. The third kappa shape index (κ3) is 5.90. The van der Waals surface area contributed by atoms with Crippen LogP contribution in [0.3, 0.4) is 0 Å². The molecule has 34 heteroatoms. The summed E-state index contributed by atoms with van der Waals surface area (Å²) >= 11 is 0. The molecule has 0 unspecified atom stereocenters. The molecule has 3 nitrogen and oxygen atoms in total. The van der Waals surface area contributed by atoms with E-state index in [4.69, 9.17) is 10.0 Å². The molecule has 0 spiro atoms. The third-order valence-electron chi connectivity index (χ3n) is 6.86. The maximum atomic E-state index is 14.9. The van der Waals surface area contributed by atoms with Crippen molar-refractivity contribution >= 4 is 18.3 Å². The number of benzene rings is 1. The highest BCUT2D eigenvalue weighted by molar-refractivity contribution is 6.59. The van der Waals surface area contributed by atoms with E-state index in [-0.39, 0.29) is 0 Å². The minimum absolute atomic E-state index is 1.37. The van der Waals surface area contributed by atoms with Crippen molar-refractivity contribution < 1.29 is 142 Å². The summed E-state index contributed by atoms with van der Waals surface area (Å²) in [5.41, 5.74) is -11.3. The highest BCUT2D eigenvalue weighted by Gasteiger charge is 2.95. The standard InChI is InChI=1S/C20H6BF30NO2/c22-7(23,9(26,27)11(30,31)13(34,35)15(38,39)17(42,43)19(46,47)48)3-1-2-4(21(53)54)5(6(3)52)8(24,25)10(28,29)12(32,33)14(36,37)16(40,41)18(44,45)20(49,50)51/h1-2,53-54H,52H2. The Bertz CT molecular complexity index is 1560. The van der Waals surface area contributed by atoms with Gasteiger partial charge in [-0.3, -0.25) is 0 Å². The molecule has 0 aliphatic carbocycles. The highest BCUT2D eigenvalue weighted by atomic mass is 19.4. The van der Waals surface area contributed by atoms with Crippen molar-refractivity contribution in [3.8, 4) is 0 Å². The van der Waals surface area contributed by atoms with E-state index < -0.39 is 125 Å². The molecule has 0 atom stereocenters. The molecule has 0 bridgehead atoms. The van der Waals surface area contributed by atoms with Crippen LogP contribution in [0.4, 0.5) is 137 Å². The van der Waals surface area contributed by atoms with Crippen molar-refractivity contribution in [3.05, 3.63) is 23.3 Å². The van der Waals surface area contributed by atoms with Gasteiger partial charge < -0.3 is 15.8 Å². The van der Waals surface area contributed by atoms with E-state index in [2.05, 4.69) is 5.73 Å². The normalized spacial score (nSPS) is 16.2. The van der Waals surface area contributed by atoms with Crippen LogP contribution in [0.15, 0.2) is 12.1 Å². The van der Waals surface area contributed by atoms with Crippen LogP contribution in [-0.4, -0.2) is 88.7 Å². The van der Waals surface area contributed by atoms with Crippen molar-refractivity contribution in [3.63, 3.8) is 0 Å². The predicted molar refractivity (Wildman–Crippen MR) is 110 cm³/mol. The topological polar surface area (TPSA) is 66.5 Å². The molecule has 0 aromatic heterocycles. The van der Waals surface area contributed by atoms with Crippen LogP contribution in [0.1, 0.15) is 11.1 Å². The Morgan fingerprint density at radius 1 is 0.352 bits per heavy atom. The molecule has 1 aromatic rings. The van der Waals surface area contributed by atoms with E-state index in [1.807, 2.05) is 0 Å². The monoisotopic (exact) mass is 873 g/mol. The first kappa shape index (κ1) is 48.9. The van der Waals surface area contributed by atoms with Gasteiger partial charge >= 0.3 is 90.5 Å². The first-order valence-electron chi connectivity index (χ1n) is 11.9. The number of alkyl halides is 30. The summed E-state index contributed by atoms with van der Waals surface area (Å²) in [6, 6.07) is -2.86. The predicted octanol–water partition coefficient (Wildman–Crippen LogP) is 8.61. The maximum Gasteiger partial charge on any atom is 0.489 e.